The summed E-state index contributed by atoms with van der Waals surface area (Å²) >= 11 is 0. The molecule has 0 bridgehead atoms. The van der Waals surface area contributed by atoms with Crippen LogP contribution in [0.3, 0.4) is 0 Å². The van der Waals surface area contributed by atoms with Gasteiger partial charge < -0.3 is 15.0 Å². The highest BCUT2D eigenvalue weighted by molar-refractivity contribution is 5.68. The zero-order valence-electron chi connectivity index (χ0n) is 11.9. The van der Waals surface area contributed by atoms with Crippen molar-refractivity contribution in [2.45, 2.75) is 45.4 Å². The quantitative estimate of drug-likeness (QED) is 0.698. The number of ether oxygens (including phenoxy) is 1. The number of rotatable bonds is 0. The van der Waals surface area contributed by atoms with E-state index in [1.54, 1.807) is 0 Å². The Bertz CT molecular complexity index is 314. The maximum atomic E-state index is 12.2. The molecule has 1 N–H and O–H groups in total. The number of piperazine rings is 2. The van der Waals surface area contributed by atoms with Crippen LogP contribution < -0.4 is 5.32 Å². The number of amides is 1. The van der Waals surface area contributed by atoms with Crippen LogP contribution in [0.5, 0.6) is 0 Å². The van der Waals surface area contributed by atoms with Gasteiger partial charge in [0.2, 0.25) is 0 Å². The van der Waals surface area contributed by atoms with Crippen molar-refractivity contribution in [2.75, 3.05) is 32.7 Å². The lowest BCUT2D eigenvalue weighted by Crippen LogP contribution is -2.65. The third-order valence-corrected chi connectivity index (χ3v) is 3.54. The Morgan fingerprint density at radius 3 is 2.72 bits per heavy atom. The van der Waals surface area contributed by atoms with Gasteiger partial charge >= 0.3 is 6.09 Å². The van der Waals surface area contributed by atoms with E-state index in [4.69, 9.17) is 4.74 Å². The summed E-state index contributed by atoms with van der Waals surface area (Å²) in [6.07, 6.45) is -0.180. The van der Waals surface area contributed by atoms with Gasteiger partial charge in [-0.25, -0.2) is 4.79 Å². The second-order valence-electron chi connectivity index (χ2n) is 6.33. The predicted molar refractivity (Wildman–Crippen MR) is 70.6 cm³/mol. The van der Waals surface area contributed by atoms with Crippen molar-refractivity contribution in [3.63, 3.8) is 0 Å². The summed E-state index contributed by atoms with van der Waals surface area (Å²) in [7, 11) is 0. The number of fused-ring (bicyclic) bond motifs is 1. The summed E-state index contributed by atoms with van der Waals surface area (Å²) in [5.41, 5.74) is -0.418. The van der Waals surface area contributed by atoms with E-state index in [0.29, 0.717) is 6.04 Å². The molecule has 0 aromatic carbocycles. The first kappa shape index (κ1) is 13.6. The van der Waals surface area contributed by atoms with E-state index in [1.807, 2.05) is 25.7 Å². The number of nitrogens with one attached hydrogen (secondary N) is 1. The largest absolute Gasteiger partial charge is 0.444 e. The smallest absolute Gasteiger partial charge is 0.410 e. The van der Waals surface area contributed by atoms with Crippen molar-refractivity contribution in [2.24, 2.45) is 0 Å². The van der Waals surface area contributed by atoms with Crippen LogP contribution in [0.4, 0.5) is 4.79 Å². The van der Waals surface area contributed by atoms with Gasteiger partial charge in [0.1, 0.15) is 5.60 Å². The Morgan fingerprint density at radius 1 is 1.33 bits per heavy atom. The van der Waals surface area contributed by atoms with Crippen molar-refractivity contribution in [3.05, 3.63) is 0 Å². The van der Waals surface area contributed by atoms with Crippen LogP contribution in [0.1, 0.15) is 27.7 Å². The second kappa shape index (κ2) is 5.05. The van der Waals surface area contributed by atoms with Crippen LogP contribution in [0, 0.1) is 0 Å². The molecule has 0 spiro atoms. The predicted octanol–water partition coefficient (Wildman–Crippen LogP) is 0.899. The molecule has 1 amide bonds. The highest BCUT2D eigenvalue weighted by Crippen LogP contribution is 2.19. The Labute approximate surface area is 109 Å². The highest BCUT2D eigenvalue weighted by Gasteiger charge is 2.36. The molecule has 104 valence electrons. The van der Waals surface area contributed by atoms with Crippen molar-refractivity contribution >= 4 is 6.09 Å². The van der Waals surface area contributed by atoms with Gasteiger partial charge in [-0.1, -0.05) is 0 Å². The molecular weight excluding hydrogens is 230 g/mol. The van der Waals surface area contributed by atoms with Crippen LogP contribution in [0.15, 0.2) is 0 Å². The van der Waals surface area contributed by atoms with E-state index in [2.05, 4.69) is 17.1 Å². The van der Waals surface area contributed by atoms with Crippen LogP contribution in [0.25, 0.3) is 0 Å². The number of carbonyl (C=O) groups excluding carboxylic acids is 1. The molecule has 0 saturated carbocycles. The fraction of sp³-hybridized carbons (Fsp3) is 0.923. The third-order valence-electron chi connectivity index (χ3n) is 3.54. The van der Waals surface area contributed by atoms with E-state index in [-0.39, 0.29) is 12.1 Å². The third kappa shape index (κ3) is 3.14. The van der Waals surface area contributed by atoms with E-state index in [1.165, 1.54) is 0 Å². The minimum atomic E-state index is -0.418. The average Bonchev–Trinajstić information content (AvgIpc) is 2.25. The lowest BCUT2D eigenvalue weighted by Gasteiger charge is -2.47. The SMILES string of the molecule is C[C@H]1CN2CCNCC2CN1C(=O)OC(C)(C)C. The first-order valence-electron chi connectivity index (χ1n) is 6.81. The van der Waals surface area contributed by atoms with Gasteiger partial charge in [-0.15, -0.1) is 0 Å². The molecule has 0 aromatic heterocycles. The number of hydrogen-bond donors (Lipinski definition) is 1. The van der Waals surface area contributed by atoms with E-state index < -0.39 is 5.60 Å². The second-order valence-corrected chi connectivity index (χ2v) is 6.33. The molecule has 0 radical (unpaired) electrons. The topological polar surface area (TPSA) is 44.8 Å². The van der Waals surface area contributed by atoms with Gasteiger partial charge in [0.15, 0.2) is 0 Å². The molecule has 2 saturated heterocycles. The van der Waals surface area contributed by atoms with Crippen LogP contribution in [-0.2, 0) is 4.74 Å². The monoisotopic (exact) mass is 255 g/mol. The molecule has 2 fully saturated rings. The molecule has 0 aromatic rings. The molecule has 2 heterocycles. The zero-order valence-corrected chi connectivity index (χ0v) is 11.9. The van der Waals surface area contributed by atoms with Gasteiger partial charge in [0.05, 0.1) is 0 Å². The molecule has 5 nitrogen and oxygen atoms in total. The summed E-state index contributed by atoms with van der Waals surface area (Å²) in [6, 6.07) is 0.664. The van der Waals surface area contributed by atoms with Gasteiger partial charge in [-0.2, -0.15) is 0 Å². The molecule has 2 atom stereocenters. The number of carbonyl (C=O) groups is 1. The molecule has 2 aliphatic rings. The summed E-state index contributed by atoms with van der Waals surface area (Å²) in [5, 5.41) is 3.39. The molecule has 5 heteroatoms. The molecule has 1 unspecified atom stereocenters. The Morgan fingerprint density at radius 2 is 2.06 bits per heavy atom. The van der Waals surface area contributed by atoms with Crippen molar-refractivity contribution < 1.29 is 9.53 Å². The fourth-order valence-electron chi connectivity index (χ4n) is 2.64. The van der Waals surface area contributed by atoms with Crippen LogP contribution in [-0.4, -0.2) is 66.3 Å². The standard InChI is InChI=1S/C13H25N3O2/c1-10-8-15-6-5-14-7-11(15)9-16(10)12(17)18-13(2,3)4/h10-11,14H,5-9H2,1-4H3/t10-,11?/m0/s1. The summed E-state index contributed by atoms with van der Waals surface area (Å²) < 4.78 is 5.48. The number of nitrogens with zero attached hydrogens (tertiary/aromatic N) is 2. The van der Waals surface area contributed by atoms with Crippen molar-refractivity contribution in [1.29, 1.82) is 0 Å². The van der Waals surface area contributed by atoms with Gasteiger partial charge in [-0.3, -0.25) is 4.90 Å². The minimum Gasteiger partial charge on any atom is -0.444 e. The fourth-order valence-corrected chi connectivity index (χ4v) is 2.64. The summed E-state index contributed by atoms with van der Waals surface area (Å²) in [6.45, 7) is 12.6. The zero-order chi connectivity index (χ0) is 13.3. The van der Waals surface area contributed by atoms with E-state index in [9.17, 15) is 4.79 Å². The van der Waals surface area contributed by atoms with Crippen LogP contribution >= 0.6 is 0 Å². The van der Waals surface area contributed by atoms with Gasteiger partial charge in [0, 0.05) is 44.8 Å². The maximum absolute atomic E-state index is 12.2. The van der Waals surface area contributed by atoms with E-state index >= 15 is 0 Å². The highest BCUT2D eigenvalue weighted by atomic mass is 16.6. The molecule has 2 rings (SSSR count). The Kier molecular flexibility index (Phi) is 3.82. The normalized spacial score (nSPS) is 29.9. The molecular formula is C13H25N3O2. The average molecular weight is 255 g/mol. The van der Waals surface area contributed by atoms with Crippen molar-refractivity contribution in [1.82, 2.24) is 15.1 Å². The molecule has 18 heavy (non-hydrogen) atoms. The van der Waals surface area contributed by atoms with Crippen LogP contribution in [0.2, 0.25) is 0 Å². The lowest BCUT2D eigenvalue weighted by atomic mass is 10.1. The summed E-state index contributed by atoms with van der Waals surface area (Å²) in [4.78, 5) is 16.5. The Hall–Kier alpha value is -0.810. The Balaban J connectivity index is 1.98. The molecule has 2 aliphatic heterocycles. The van der Waals surface area contributed by atoms with E-state index in [0.717, 1.165) is 32.7 Å². The minimum absolute atomic E-state index is 0.180. The molecule has 0 aliphatic carbocycles. The van der Waals surface area contributed by atoms with Gasteiger partial charge in [-0.05, 0) is 27.7 Å². The number of hydrogen-bond acceptors (Lipinski definition) is 4. The first-order chi connectivity index (χ1) is 8.37. The van der Waals surface area contributed by atoms with Crippen molar-refractivity contribution in [3.8, 4) is 0 Å². The lowest BCUT2D eigenvalue weighted by molar-refractivity contribution is -0.0168. The summed E-state index contributed by atoms with van der Waals surface area (Å²) in [5.74, 6) is 0. The maximum Gasteiger partial charge on any atom is 0.410 e. The first-order valence-corrected chi connectivity index (χ1v) is 6.81. The van der Waals surface area contributed by atoms with Gasteiger partial charge in [0.25, 0.3) is 0 Å².